The lowest BCUT2D eigenvalue weighted by molar-refractivity contribution is -0.133. The first-order valence-electron chi connectivity index (χ1n) is 11.8. The summed E-state index contributed by atoms with van der Waals surface area (Å²) in [5.41, 5.74) is 5.06. The third-order valence-corrected chi connectivity index (χ3v) is 6.53. The number of fused-ring (bicyclic) bond motifs is 1. The zero-order valence-corrected chi connectivity index (χ0v) is 20.1. The summed E-state index contributed by atoms with van der Waals surface area (Å²) in [7, 11) is 3.29. The summed E-state index contributed by atoms with van der Waals surface area (Å²) in [6.45, 7) is 7.97. The standard InChI is InChI=1S/C26H34N4O3/c1-5-20-15-19-16-23(32-3)24(33-4)17-22(19)26(28-30(20)25(31)6-2)18-7-9-21(10-8-18)29-13-11-27-12-14-29/h7-10,16-17,20,27H,5-6,11-15H2,1-4H3. The van der Waals surface area contributed by atoms with Crippen molar-refractivity contribution in [2.75, 3.05) is 45.3 Å². The predicted octanol–water partition coefficient (Wildman–Crippen LogP) is 3.44. The number of amides is 1. The third kappa shape index (κ3) is 4.69. The Balaban J connectivity index is 1.82. The van der Waals surface area contributed by atoms with Gasteiger partial charge in [0, 0.05) is 49.4 Å². The van der Waals surface area contributed by atoms with Crippen molar-refractivity contribution in [3.63, 3.8) is 0 Å². The van der Waals surface area contributed by atoms with E-state index < -0.39 is 0 Å². The molecule has 2 aromatic rings. The van der Waals surface area contributed by atoms with Crippen molar-refractivity contribution < 1.29 is 14.3 Å². The van der Waals surface area contributed by atoms with Crippen molar-refractivity contribution in [3.8, 4) is 11.5 Å². The number of nitrogens with zero attached hydrogens (tertiary/aromatic N) is 3. The van der Waals surface area contributed by atoms with Crippen LogP contribution in [0.25, 0.3) is 0 Å². The highest BCUT2D eigenvalue weighted by atomic mass is 16.5. The predicted molar refractivity (Wildman–Crippen MR) is 132 cm³/mol. The van der Waals surface area contributed by atoms with Crippen LogP contribution < -0.4 is 19.7 Å². The van der Waals surface area contributed by atoms with Gasteiger partial charge in [-0.15, -0.1) is 0 Å². The fraction of sp³-hybridized carbons (Fsp3) is 0.462. The topological polar surface area (TPSA) is 66.4 Å². The van der Waals surface area contributed by atoms with E-state index in [0.29, 0.717) is 24.3 Å². The molecule has 1 amide bonds. The molecule has 2 aliphatic rings. The molecule has 2 heterocycles. The Bertz CT molecular complexity index is 1010. The number of carbonyl (C=O) groups is 1. The maximum Gasteiger partial charge on any atom is 0.242 e. The number of benzene rings is 2. The Morgan fingerprint density at radius 2 is 1.73 bits per heavy atom. The average molecular weight is 451 g/mol. The van der Waals surface area contributed by atoms with E-state index in [4.69, 9.17) is 14.6 Å². The van der Waals surface area contributed by atoms with Gasteiger partial charge in [0.05, 0.1) is 26.0 Å². The Morgan fingerprint density at radius 3 is 2.33 bits per heavy atom. The van der Waals surface area contributed by atoms with Crippen LogP contribution in [0.1, 0.15) is 43.4 Å². The maximum absolute atomic E-state index is 12.9. The fourth-order valence-electron chi connectivity index (χ4n) is 4.60. The van der Waals surface area contributed by atoms with Gasteiger partial charge in [0.2, 0.25) is 5.91 Å². The van der Waals surface area contributed by atoms with Gasteiger partial charge in [-0.05, 0) is 42.7 Å². The highest BCUT2D eigenvalue weighted by molar-refractivity contribution is 6.14. The van der Waals surface area contributed by atoms with E-state index in [1.807, 2.05) is 19.1 Å². The van der Waals surface area contributed by atoms with E-state index in [1.54, 1.807) is 19.2 Å². The van der Waals surface area contributed by atoms with E-state index in [-0.39, 0.29) is 11.9 Å². The van der Waals surface area contributed by atoms with Crippen LogP contribution >= 0.6 is 0 Å². The van der Waals surface area contributed by atoms with Gasteiger partial charge in [0.25, 0.3) is 0 Å². The number of rotatable bonds is 6. The zero-order valence-electron chi connectivity index (χ0n) is 20.1. The minimum atomic E-state index is -0.00748. The molecule has 4 rings (SSSR count). The van der Waals surface area contributed by atoms with E-state index in [2.05, 4.69) is 41.4 Å². The summed E-state index contributed by atoms with van der Waals surface area (Å²) in [5, 5.41) is 10.1. The number of hydrogen-bond donors (Lipinski definition) is 1. The van der Waals surface area contributed by atoms with Crippen LogP contribution in [0.4, 0.5) is 5.69 Å². The van der Waals surface area contributed by atoms with Gasteiger partial charge in [-0.2, -0.15) is 5.10 Å². The second-order valence-electron chi connectivity index (χ2n) is 8.45. The third-order valence-electron chi connectivity index (χ3n) is 6.53. The number of ether oxygens (including phenoxy) is 2. The van der Waals surface area contributed by atoms with Crippen molar-refractivity contribution in [1.29, 1.82) is 0 Å². The molecule has 1 fully saturated rings. The first kappa shape index (κ1) is 23.1. The number of carbonyl (C=O) groups excluding carboxylic acids is 1. The first-order chi connectivity index (χ1) is 16.1. The highest BCUT2D eigenvalue weighted by Gasteiger charge is 2.29. The van der Waals surface area contributed by atoms with Crippen LogP contribution in [-0.2, 0) is 11.2 Å². The molecule has 1 N–H and O–H groups in total. The van der Waals surface area contributed by atoms with Crippen LogP contribution in [0, 0.1) is 0 Å². The van der Waals surface area contributed by atoms with Gasteiger partial charge < -0.3 is 19.7 Å². The second kappa shape index (κ2) is 10.3. The summed E-state index contributed by atoms with van der Waals surface area (Å²) in [6, 6.07) is 12.5. The van der Waals surface area contributed by atoms with Crippen molar-refractivity contribution in [1.82, 2.24) is 10.3 Å². The van der Waals surface area contributed by atoms with Crippen LogP contribution in [0.3, 0.4) is 0 Å². The Hall–Kier alpha value is -3.06. The molecule has 0 radical (unpaired) electrons. The molecule has 33 heavy (non-hydrogen) atoms. The van der Waals surface area contributed by atoms with E-state index in [0.717, 1.165) is 55.0 Å². The van der Waals surface area contributed by atoms with Gasteiger partial charge >= 0.3 is 0 Å². The van der Waals surface area contributed by atoms with Gasteiger partial charge in [-0.25, -0.2) is 5.01 Å². The van der Waals surface area contributed by atoms with Crippen LogP contribution in [0.2, 0.25) is 0 Å². The quantitative estimate of drug-likeness (QED) is 0.730. The summed E-state index contributed by atoms with van der Waals surface area (Å²) in [4.78, 5) is 15.3. The molecule has 1 saturated heterocycles. The maximum atomic E-state index is 12.9. The van der Waals surface area contributed by atoms with Crippen molar-refractivity contribution >= 4 is 17.3 Å². The lowest BCUT2D eigenvalue weighted by Crippen LogP contribution is -2.43. The minimum Gasteiger partial charge on any atom is -0.493 e. The van der Waals surface area contributed by atoms with Crippen LogP contribution in [0.5, 0.6) is 11.5 Å². The van der Waals surface area contributed by atoms with Gasteiger partial charge in [0.1, 0.15) is 0 Å². The molecular weight excluding hydrogens is 416 g/mol. The van der Waals surface area contributed by atoms with Crippen LogP contribution in [0.15, 0.2) is 41.5 Å². The Labute approximate surface area is 196 Å². The molecular formula is C26H34N4O3. The lowest BCUT2D eigenvalue weighted by Gasteiger charge is -2.29. The molecule has 2 aromatic carbocycles. The fourth-order valence-corrected chi connectivity index (χ4v) is 4.60. The smallest absolute Gasteiger partial charge is 0.242 e. The Morgan fingerprint density at radius 1 is 1.06 bits per heavy atom. The lowest BCUT2D eigenvalue weighted by atomic mass is 9.93. The molecule has 0 aliphatic carbocycles. The first-order valence-corrected chi connectivity index (χ1v) is 11.8. The molecule has 2 aliphatic heterocycles. The monoisotopic (exact) mass is 450 g/mol. The van der Waals surface area contributed by atoms with E-state index >= 15 is 0 Å². The molecule has 176 valence electrons. The number of nitrogens with one attached hydrogen (secondary N) is 1. The molecule has 0 aromatic heterocycles. The average Bonchev–Trinajstić information content (AvgIpc) is 3.04. The molecule has 0 saturated carbocycles. The van der Waals surface area contributed by atoms with E-state index in [1.165, 1.54) is 5.69 Å². The van der Waals surface area contributed by atoms with Gasteiger partial charge in [-0.3, -0.25) is 4.79 Å². The summed E-state index contributed by atoms with van der Waals surface area (Å²) < 4.78 is 11.2. The minimum absolute atomic E-state index is 0.00748. The number of anilines is 1. The van der Waals surface area contributed by atoms with Crippen molar-refractivity contribution in [3.05, 3.63) is 53.1 Å². The molecule has 0 bridgehead atoms. The number of hydrogen-bond acceptors (Lipinski definition) is 6. The number of hydrazone groups is 1. The molecule has 0 spiro atoms. The SMILES string of the molecule is CCC(=O)N1N=C(c2ccc(N3CCNCC3)cc2)c2cc(OC)c(OC)cc2CC1CC. The van der Waals surface area contributed by atoms with E-state index in [9.17, 15) is 4.79 Å². The summed E-state index contributed by atoms with van der Waals surface area (Å²) in [5.74, 6) is 1.38. The number of methoxy groups -OCH3 is 2. The molecule has 7 nitrogen and oxygen atoms in total. The largest absolute Gasteiger partial charge is 0.493 e. The van der Waals surface area contributed by atoms with Crippen molar-refractivity contribution in [2.45, 2.75) is 39.2 Å². The molecule has 7 heteroatoms. The normalized spacial score (nSPS) is 18.3. The highest BCUT2D eigenvalue weighted by Crippen LogP contribution is 2.35. The summed E-state index contributed by atoms with van der Waals surface area (Å²) in [6.07, 6.45) is 1.94. The molecule has 1 atom stereocenters. The van der Waals surface area contributed by atoms with Gasteiger partial charge in [0.15, 0.2) is 11.5 Å². The van der Waals surface area contributed by atoms with Crippen LogP contribution in [-0.4, -0.2) is 63.1 Å². The van der Waals surface area contributed by atoms with Gasteiger partial charge in [-0.1, -0.05) is 26.0 Å². The molecule has 1 unspecified atom stereocenters. The summed E-state index contributed by atoms with van der Waals surface area (Å²) >= 11 is 0. The second-order valence-corrected chi connectivity index (χ2v) is 8.45. The zero-order chi connectivity index (χ0) is 23.4. The Kier molecular flexibility index (Phi) is 7.18. The number of piperazine rings is 1. The van der Waals surface area contributed by atoms with Crippen molar-refractivity contribution in [2.24, 2.45) is 5.10 Å².